The van der Waals surface area contributed by atoms with Crippen molar-refractivity contribution in [2.45, 2.75) is 52.7 Å². The van der Waals surface area contributed by atoms with Crippen LogP contribution in [0.15, 0.2) is 72.8 Å². The van der Waals surface area contributed by atoms with Gasteiger partial charge in [0.25, 0.3) is 0 Å². The summed E-state index contributed by atoms with van der Waals surface area (Å²) in [6, 6.07) is 21.7. The van der Waals surface area contributed by atoms with Gasteiger partial charge in [0.15, 0.2) is 11.6 Å². The fourth-order valence-electron chi connectivity index (χ4n) is 5.15. The van der Waals surface area contributed by atoms with Crippen molar-refractivity contribution in [1.29, 1.82) is 0 Å². The smallest absolute Gasteiger partial charge is 1.00 e. The van der Waals surface area contributed by atoms with Crippen molar-refractivity contribution < 1.29 is 69.7 Å². The van der Waals surface area contributed by atoms with Crippen LogP contribution in [0.2, 0.25) is 0 Å². The van der Waals surface area contributed by atoms with E-state index in [1.807, 2.05) is 70.2 Å². The molecule has 0 aliphatic carbocycles. The first-order valence-corrected chi connectivity index (χ1v) is 14.9. The molecule has 2 N–H and O–H groups in total. The summed E-state index contributed by atoms with van der Waals surface area (Å²) in [4.78, 5) is 24.8. The second-order valence-electron chi connectivity index (χ2n) is 11.1. The van der Waals surface area contributed by atoms with Crippen LogP contribution >= 0.6 is 0 Å². The van der Waals surface area contributed by atoms with E-state index in [0.29, 0.717) is 33.9 Å². The molecule has 0 aliphatic rings. The van der Waals surface area contributed by atoms with Crippen molar-refractivity contribution >= 4 is 20.0 Å². The molecule has 2 atom stereocenters. The van der Waals surface area contributed by atoms with Crippen LogP contribution < -0.4 is 48.5 Å². The van der Waals surface area contributed by atoms with E-state index in [1.54, 1.807) is 51.7 Å². The summed E-state index contributed by atoms with van der Waals surface area (Å²) in [6.45, 7) is 7.63. The van der Waals surface area contributed by atoms with E-state index >= 15 is 0 Å². The number of aryl methyl sites for hydroxylation is 4. The molecule has 0 aromatic heterocycles. The number of hydrogen-bond donors (Lipinski definition) is 2. The Kier molecular flexibility index (Phi) is 17.7. The maximum absolute atomic E-state index is 12.4. The molecule has 0 saturated heterocycles. The fourth-order valence-corrected chi connectivity index (χ4v) is 5.15. The van der Waals surface area contributed by atoms with E-state index in [4.69, 9.17) is 18.9 Å². The Balaban J connectivity index is 0.000000886. The molecule has 0 amide bonds. The molecule has 4 aromatic carbocycles. The van der Waals surface area contributed by atoms with Crippen LogP contribution in [0, 0.1) is 27.7 Å². The van der Waals surface area contributed by atoms with Gasteiger partial charge in [-0.15, -0.1) is 0 Å². The quantitative estimate of drug-likeness (QED) is 0.133. The standard InChI is InChI=1S/C19H24O4.C19H20O4.B.Na.H/c2*1-12-5-7-16(19(9-12)23-4)18(21)11-17(20)15-8-6-14(22-3)10-13(15)2;;;/h5-10,17-18,20-21H,11H2,1-4H3;5-10H,11H2,1-4H3;;;/q;;;+1;-1. The first kappa shape index (κ1) is 42.4. The number of methoxy groups -OCH3 is 4. The molecule has 4 rings (SSSR count). The Morgan fingerprint density at radius 1 is 0.604 bits per heavy atom. The number of ketones is 2. The van der Waals surface area contributed by atoms with Crippen LogP contribution in [0.25, 0.3) is 0 Å². The van der Waals surface area contributed by atoms with Crippen molar-refractivity contribution in [2.24, 2.45) is 0 Å². The van der Waals surface area contributed by atoms with Gasteiger partial charge in [-0.3, -0.25) is 9.59 Å². The van der Waals surface area contributed by atoms with E-state index in [9.17, 15) is 19.8 Å². The van der Waals surface area contributed by atoms with Crippen molar-refractivity contribution in [1.82, 2.24) is 0 Å². The summed E-state index contributed by atoms with van der Waals surface area (Å²) < 4.78 is 20.9. The molecule has 2 unspecified atom stereocenters. The summed E-state index contributed by atoms with van der Waals surface area (Å²) >= 11 is 0. The second-order valence-corrected chi connectivity index (χ2v) is 11.1. The first-order valence-electron chi connectivity index (χ1n) is 14.9. The Morgan fingerprint density at radius 2 is 1.06 bits per heavy atom. The van der Waals surface area contributed by atoms with Crippen LogP contribution in [0.4, 0.5) is 0 Å². The Bertz CT molecular complexity index is 1680. The second kappa shape index (κ2) is 20.0. The van der Waals surface area contributed by atoms with Gasteiger partial charge in [0, 0.05) is 26.0 Å². The van der Waals surface area contributed by atoms with E-state index < -0.39 is 12.2 Å². The molecular weight excluding hydrogens is 618 g/mol. The third-order valence-corrected chi connectivity index (χ3v) is 7.74. The molecule has 0 spiro atoms. The Labute approximate surface area is 309 Å². The largest absolute Gasteiger partial charge is 1.00 e. The molecule has 0 aliphatic heterocycles. The minimum atomic E-state index is -0.804. The molecule has 0 fully saturated rings. The first-order chi connectivity index (χ1) is 21.9. The minimum absolute atomic E-state index is 0. The number of ether oxygens (including phenoxy) is 4. The summed E-state index contributed by atoms with van der Waals surface area (Å²) in [6.07, 6.45) is -1.55. The third-order valence-electron chi connectivity index (χ3n) is 7.74. The fraction of sp³-hybridized carbons (Fsp3) is 0.316. The summed E-state index contributed by atoms with van der Waals surface area (Å²) in [5.74, 6) is 2.11. The van der Waals surface area contributed by atoms with Gasteiger partial charge in [-0.1, -0.05) is 24.3 Å². The van der Waals surface area contributed by atoms with Crippen LogP contribution in [-0.2, 0) is 0 Å². The number of rotatable bonds is 12. The maximum atomic E-state index is 12.4. The van der Waals surface area contributed by atoms with E-state index in [2.05, 4.69) is 0 Å². The van der Waals surface area contributed by atoms with Gasteiger partial charge in [-0.05, 0) is 104 Å². The zero-order chi connectivity index (χ0) is 34.0. The topological polar surface area (TPSA) is 112 Å². The molecule has 4 aromatic rings. The molecular formula is C38H45BNaO8. The van der Waals surface area contributed by atoms with E-state index in [0.717, 1.165) is 33.6 Å². The number of benzene rings is 4. The molecule has 3 radical (unpaired) electrons. The minimum Gasteiger partial charge on any atom is -1.00 e. The molecule has 249 valence electrons. The zero-order valence-electron chi connectivity index (χ0n) is 30.4. The van der Waals surface area contributed by atoms with Gasteiger partial charge in [0.2, 0.25) is 0 Å². The van der Waals surface area contributed by atoms with Crippen molar-refractivity contribution in [2.75, 3.05) is 28.4 Å². The molecule has 0 saturated carbocycles. The van der Waals surface area contributed by atoms with Crippen LogP contribution in [0.1, 0.15) is 80.6 Å². The Hall–Kier alpha value is -3.60. The number of carbonyl (C=O) groups excluding carboxylic acids is 2. The molecule has 0 heterocycles. The van der Waals surface area contributed by atoms with Gasteiger partial charge in [0.05, 0.1) is 52.6 Å². The van der Waals surface area contributed by atoms with Crippen molar-refractivity contribution in [3.05, 3.63) is 117 Å². The van der Waals surface area contributed by atoms with Gasteiger partial charge in [0.1, 0.15) is 23.0 Å². The summed E-state index contributed by atoms with van der Waals surface area (Å²) in [7, 11) is 6.28. The van der Waals surface area contributed by atoms with E-state index in [1.165, 1.54) is 7.11 Å². The van der Waals surface area contributed by atoms with Crippen LogP contribution in [0.5, 0.6) is 23.0 Å². The summed E-state index contributed by atoms with van der Waals surface area (Å²) in [5.41, 5.74) is 6.21. The number of aliphatic hydroxyl groups is 2. The number of hydrogen-bond acceptors (Lipinski definition) is 8. The van der Waals surface area contributed by atoms with Crippen LogP contribution in [0.3, 0.4) is 0 Å². The SMILES string of the molecule is COc1ccc(C(=O)CC(=O)c2ccc(C)cc2OC)c(C)c1.COc1ccc(C(O)CC(O)c2ccc(C)cc2OC)c(C)c1.[B].[H-].[Na+]. The average Bonchev–Trinajstić information content (AvgIpc) is 3.04. The number of carbonyl (C=O) groups is 2. The van der Waals surface area contributed by atoms with Gasteiger partial charge in [-0.25, -0.2) is 0 Å². The average molecular weight is 664 g/mol. The predicted octanol–water partition coefficient (Wildman–Crippen LogP) is 3.99. The van der Waals surface area contributed by atoms with Gasteiger partial charge < -0.3 is 30.6 Å². The van der Waals surface area contributed by atoms with Crippen molar-refractivity contribution in [3.8, 4) is 23.0 Å². The van der Waals surface area contributed by atoms with Gasteiger partial charge in [-0.2, -0.15) is 0 Å². The number of Topliss-reactive ketones (excluding diaryl/α,β-unsaturated/α-hetero) is 2. The summed E-state index contributed by atoms with van der Waals surface area (Å²) in [5, 5.41) is 21.0. The predicted molar refractivity (Wildman–Crippen MR) is 186 cm³/mol. The van der Waals surface area contributed by atoms with Crippen molar-refractivity contribution in [3.63, 3.8) is 0 Å². The monoisotopic (exact) mass is 663 g/mol. The van der Waals surface area contributed by atoms with E-state index in [-0.39, 0.29) is 63.8 Å². The normalized spacial score (nSPS) is 11.4. The molecule has 8 nitrogen and oxygen atoms in total. The molecule has 0 bridgehead atoms. The molecule has 10 heteroatoms. The van der Waals surface area contributed by atoms with Crippen LogP contribution in [-0.4, -0.2) is 58.6 Å². The van der Waals surface area contributed by atoms with Gasteiger partial charge >= 0.3 is 29.6 Å². The number of aliphatic hydroxyl groups excluding tert-OH is 2. The third kappa shape index (κ3) is 11.2. The maximum Gasteiger partial charge on any atom is 1.00 e. The Morgan fingerprint density at radius 3 is 1.60 bits per heavy atom. The molecule has 48 heavy (non-hydrogen) atoms. The zero-order valence-corrected chi connectivity index (χ0v) is 31.4.